The van der Waals surface area contributed by atoms with E-state index < -0.39 is 0 Å². The van der Waals surface area contributed by atoms with Crippen molar-refractivity contribution in [2.45, 2.75) is 53.4 Å². The van der Waals surface area contributed by atoms with Crippen molar-refractivity contribution in [3.63, 3.8) is 0 Å². The zero-order chi connectivity index (χ0) is 13.1. The smallest absolute Gasteiger partial charge is 0.119 e. The maximum Gasteiger partial charge on any atom is 0.119 e. The van der Waals surface area contributed by atoms with Gasteiger partial charge < -0.3 is 4.74 Å². The average Bonchev–Trinajstić information content (AvgIpc) is 2.15. The molecule has 0 aliphatic heterocycles. The number of ether oxygens (including phenoxy) is 1. The molecular formula is C16H26O. The Labute approximate surface area is 106 Å². The van der Waals surface area contributed by atoms with Crippen molar-refractivity contribution >= 4 is 0 Å². The van der Waals surface area contributed by atoms with Crippen LogP contribution < -0.4 is 4.74 Å². The van der Waals surface area contributed by atoms with Crippen LogP contribution in [0.1, 0.15) is 52.7 Å². The second-order valence-electron chi connectivity index (χ2n) is 6.15. The van der Waals surface area contributed by atoms with Crippen LogP contribution in [0.5, 0.6) is 5.75 Å². The fourth-order valence-corrected chi connectivity index (χ4v) is 1.93. The summed E-state index contributed by atoms with van der Waals surface area (Å²) in [5.41, 5.74) is 2.92. The lowest BCUT2D eigenvalue weighted by atomic mass is 9.85. The van der Waals surface area contributed by atoms with Crippen LogP contribution in [0, 0.1) is 5.92 Å². The van der Waals surface area contributed by atoms with E-state index in [1.54, 1.807) is 0 Å². The number of benzene rings is 1. The lowest BCUT2D eigenvalue weighted by Gasteiger charge is -2.21. The van der Waals surface area contributed by atoms with Crippen molar-refractivity contribution in [2.24, 2.45) is 5.92 Å². The highest BCUT2D eigenvalue weighted by molar-refractivity contribution is 5.38. The van der Waals surface area contributed by atoms with E-state index in [1.807, 2.05) is 6.92 Å². The molecule has 0 amide bonds. The Morgan fingerprint density at radius 1 is 1.12 bits per heavy atom. The molecule has 0 N–H and O–H groups in total. The van der Waals surface area contributed by atoms with Crippen LogP contribution in [0.15, 0.2) is 18.2 Å². The van der Waals surface area contributed by atoms with E-state index in [9.17, 15) is 0 Å². The van der Waals surface area contributed by atoms with E-state index in [0.29, 0.717) is 5.92 Å². The molecule has 0 fully saturated rings. The monoisotopic (exact) mass is 234 g/mol. The van der Waals surface area contributed by atoms with Crippen LogP contribution in [0.3, 0.4) is 0 Å². The molecule has 96 valence electrons. The average molecular weight is 234 g/mol. The number of hydrogen-bond donors (Lipinski definition) is 0. The van der Waals surface area contributed by atoms with E-state index >= 15 is 0 Å². The first-order chi connectivity index (χ1) is 7.82. The molecule has 0 radical (unpaired) electrons. The predicted octanol–water partition coefficient (Wildman–Crippen LogP) is 4.58. The predicted molar refractivity (Wildman–Crippen MR) is 74.9 cm³/mol. The largest absolute Gasteiger partial charge is 0.494 e. The zero-order valence-corrected chi connectivity index (χ0v) is 12.1. The van der Waals surface area contributed by atoms with Gasteiger partial charge in [-0.1, -0.05) is 40.7 Å². The van der Waals surface area contributed by atoms with E-state index in [-0.39, 0.29) is 5.41 Å². The number of rotatable bonds is 4. The normalized spacial score (nSPS) is 11.9. The third-order valence-corrected chi connectivity index (χ3v) is 2.79. The second kappa shape index (κ2) is 5.57. The molecule has 0 saturated heterocycles. The van der Waals surface area contributed by atoms with Gasteiger partial charge in [0.2, 0.25) is 0 Å². The Kier molecular flexibility index (Phi) is 4.62. The summed E-state index contributed by atoms with van der Waals surface area (Å²) in [6, 6.07) is 6.68. The third kappa shape index (κ3) is 4.41. The standard InChI is InChI=1S/C16H26O/c1-7-17-15-10-13(8-12(2)3)9-14(11-15)16(4,5)6/h9-12H,7-8H2,1-6H3. The van der Waals surface area contributed by atoms with Gasteiger partial charge in [0.05, 0.1) is 6.61 Å². The van der Waals surface area contributed by atoms with Crippen LogP contribution >= 0.6 is 0 Å². The molecule has 1 rings (SSSR count). The van der Waals surface area contributed by atoms with Gasteiger partial charge in [-0.05, 0) is 47.9 Å². The van der Waals surface area contributed by atoms with Gasteiger partial charge in [0.1, 0.15) is 5.75 Å². The molecule has 1 heteroatoms. The molecule has 0 bridgehead atoms. The molecule has 0 unspecified atom stereocenters. The van der Waals surface area contributed by atoms with Gasteiger partial charge >= 0.3 is 0 Å². The van der Waals surface area contributed by atoms with Gasteiger partial charge in [-0.25, -0.2) is 0 Å². The van der Waals surface area contributed by atoms with Crippen LogP contribution in [0.25, 0.3) is 0 Å². The van der Waals surface area contributed by atoms with E-state index in [2.05, 4.69) is 52.8 Å². The van der Waals surface area contributed by atoms with E-state index in [0.717, 1.165) is 18.8 Å². The van der Waals surface area contributed by atoms with Crippen molar-refractivity contribution in [3.8, 4) is 5.75 Å². The van der Waals surface area contributed by atoms with Crippen molar-refractivity contribution in [1.29, 1.82) is 0 Å². The minimum absolute atomic E-state index is 0.179. The Bertz CT molecular complexity index is 358. The summed E-state index contributed by atoms with van der Waals surface area (Å²) in [4.78, 5) is 0. The quantitative estimate of drug-likeness (QED) is 0.741. The molecular weight excluding hydrogens is 208 g/mol. The molecule has 0 aliphatic carbocycles. The first kappa shape index (κ1) is 14.1. The summed E-state index contributed by atoms with van der Waals surface area (Å²) < 4.78 is 5.66. The van der Waals surface area contributed by atoms with Crippen LogP contribution in [-0.4, -0.2) is 6.61 Å². The van der Waals surface area contributed by atoms with Crippen molar-refractivity contribution < 1.29 is 4.74 Å². The third-order valence-electron chi connectivity index (χ3n) is 2.79. The highest BCUT2D eigenvalue weighted by Gasteiger charge is 2.16. The molecule has 0 spiro atoms. The summed E-state index contributed by atoms with van der Waals surface area (Å²) in [5, 5.41) is 0. The Balaban J connectivity index is 3.09. The molecule has 0 atom stereocenters. The van der Waals surface area contributed by atoms with Crippen molar-refractivity contribution in [3.05, 3.63) is 29.3 Å². The maximum atomic E-state index is 5.66. The Morgan fingerprint density at radius 3 is 2.24 bits per heavy atom. The van der Waals surface area contributed by atoms with Gasteiger partial charge in [0.15, 0.2) is 0 Å². The first-order valence-electron chi connectivity index (χ1n) is 6.60. The highest BCUT2D eigenvalue weighted by atomic mass is 16.5. The first-order valence-corrected chi connectivity index (χ1v) is 6.60. The van der Waals surface area contributed by atoms with Crippen LogP contribution in [0.2, 0.25) is 0 Å². The summed E-state index contributed by atoms with van der Waals surface area (Å²) in [7, 11) is 0. The molecule has 0 heterocycles. The zero-order valence-electron chi connectivity index (χ0n) is 12.1. The van der Waals surface area contributed by atoms with Gasteiger partial charge in [-0.3, -0.25) is 0 Å². The summed E-state index contributed by atoms with van der Waals surface area (Å²) in [5.74, 6) is 1.69. The fraction of sp³-hybridized carbons (Fsp3) is 0.625. The Morgan fingerprint density at radius 2 is 1.76 bits per heavy atom. The second-order valence-corrected chi connectivity index (χ2v) is 6.15. The Hall–Kier alpha value is -0.980. The molecule has 1 aromatic carbocycles. The summed E-state index contributed by atoms with van der Waals surface area (Å²) in [6.07, 6.45) is 1.12. The maximum absolute atomic E-state index is 5.66. The molecule has 17 heavy (non-hydrogen) atoms. The highest BCUT2D eigenvalue weighted by Crippen LogP contribution is 2.28. The topological polar surface area (TPSA) is 9.23 Å². The summed E-state index contributed by atoms with van der Waals surface area (Å²) in [6.45, 7) is 14.0. The fourth-order valence-electron chi connectivity index (χ4n) is 1.93. The van der Waals surface area contributed by atoms with Gasteiger partial charge in [-0.15, -0.1) is 0 Å². The SMILES string of the molecule is CCOc1cc(CC(C)C)cc(C(C)(C)C)c1. The molecule has 0 aliphatic rings. The lowest BCUT2D eigenvalue weighted by Crippen LogP contribution is -2.12. The molecule has 1 aromatic rings. The summed E-state index contributed by atoms with van der Waals surface area (Å²) >= 11 is 0. The minimum atomic E-state index is 0.179. The van der Waals surface area contributed by atoms with E-state index in [4.69, 9.17) is 4.74 Å². The van der Waals surface area contributed by atoms with Crippen LogP contribution in [0.4, 0.5) is 0 Å². The molecule has 1 nitrogen and oxygen atoms in total. The molecule has 0 saturated carbocycles. The van der Waals surface area contributed by atoms with Gasteiger partial charge in [0.25, 0.3) is 0 Å². The lowest BCUT2D eigenvalue weighted by molar-refractivity contribution is 0.338. The number of hydrogen-bond acceptors (Lipinski definition) is 1. The minimum Gasteiger partial charge on any atom is -0.494 e. The van der Waals surface area contributed by atoms with Crippen molar-refractivity contribution in [2.75, 3.05) is 6.61 Å². The van der Waals surface area contributed by atoms with E-state index in [1.165, 1.54) is 11.1 Å². The van der Waals surface area contributed by atoms with Gasteiger partial charge in [-0.2, -0.15) is 0 Å². The van der Waals surface area contributed by atoms with Gasteiger partial charge in [0, 0.05) is 0 Å². The van der Waals surface area contributed by atoms with Crippen LogP contribution in [-0.2, 0) is 11.8 Å². The molecule has 0 aromatic heterocycles. The van der Waals surface area contributed by atoms with Crippen molar-refractivity contribution in [1.82, 2.24) is 0 Å².